The van der Waals surface area contributed by atoms with Crippen LogP contribution in [0.4, 0.5) is 13.2 Å². The number of methoxy groups -OCH3 is 1. The maximum absolute atomic E-state index is 12.7. The van der Waals surface area contributed by atoms with Gasteiger partial charge in [0.15, 0.2) is 5.96 Å². The Hall–Kier alpha value is -1.11. The third kappa shape index (κ3) is 6.97. The molecule has 0 amide bonds. The molecule has 12 heteroatoms. The summed E-state index contributed by atoms with van der Waals surface area (Å²) in [5.74, 6) is 1.13. The van der Waals surface area contributed by atoms with Gasteiger partial charge >= 0.3 is 15.5 Å². The van der Waals surface area contributed by atoms with E-state index >= 15 is 0 Å². The van der Waals surface area contributed by atoms with E-state index < -0.39 is 15.5 Å². The summed E-state index contributed by atoms with van der Waals surface area (Å²) in [6, 6.07) is -0.114. The molecule has 29 heavy (non-hydrogen) atoms. The van der Waals surface area contributed by atoms with Crippen molar-refractivity contribution in [2.75, 3.05) is 60.0 Å². The van der Waals surface area contributed by atoms with Crippen LogP contribution in [0.1, 0.15) is 25.7 Å². The average Bonchev–Trinajstić information content (AvgIpc) is 2.69. The monoisotopic (exact) mass is 443 g/mol. The second kappa shape index (κ2) is 10.8. The predicted molar refractivity (Wildman–Crippen MR) is 105 cm³/mol. The van der Waals surface area contributed by atoms with Crippen molar-refractivity contribution in [2.45, 2.75) is 37.2 Å². The first-order chi connectivity index (χ1) is 13.7. The summed E-state index contributed by atoms with van der Waals surface area (Å²) in [5.41, 5.74) is -5.25. The minimum Gasteiger partial charge on any atom is -0.383 e. The standard InChI is InChI=1S/C17H32F3N5O3S/c1-21-16(22-13-14-3-7-24(8-4-14)11-12-28-2)23-15-5-9-25(10-6-15)29(26,27)17(18,19)20/h14-15H,3-13H2,1-2H3,(H2,21,22,23). The van der Waals surface area contributed by atoms with Crippen LogP contribution in [0.2, 0.25) is 0 Å². The molecule has 2 heterocycles. The quantitative estimate of drug-likeness (QED) is 0.448. The van der Waals surface area contributed by atoms with Crippen LogP contribution in [0, 0.1) is 5.92 Å². The number of nitrogens with zero attached hydrogens (tertiary/aromatic N) is 3. The zero-order valence-corrected chi connectivity index (χ0v) is 17.9. The molecule has 2 fully saturated rings. The van der Waals surface area contributed by atoms with Crippen molar-refractivity contribution >= 4 is 16.0 Å². The Morgan fingerprint density at radius 2 is 1.76 bits per heavy atom. The zero-order valence-electron chi connectivity index (χ0n) is 17.0. The normalized spacial score (nSPS) is 22.0. The number of aliphatic imine (C=N–C) groups is 1. The number of nitrogens with one attached hydrogen (secondary N) is 2. The van der Waals surface area contributed by atoms with E-state index in [-0.39, 0.29) is 19.1 Å². The molecule has 0 aromatic heterocycles. The first kappa shape index (κ1) is 24.2. The fourth-order valence-corrected chi connectivity index (χ4v) is 4.63. The van der Waals surface area contributed by atoms with Gasteiger partial charge in [-0.2, -0.15) is 17.5 Å². The van der Waals surface area contributed by atoms with Gasteiger partial charge in [-0.25, -0.2) is 8.42 Å². The smallest absolute Gasteiger partial charge is 0.383 e. The third-order valence-electron chi connectivity index (χ3n) is 5.53. The lowest BCUT2D eigenvalue weighted by atomic mass is 9.97. The van der Waals surface area contributed by atoms with E-state index in [4.69, 9.17) is 4.74 Å². The van der Waals surface area contributed by atoms with Crippen LogP contribution in [0.15, 0.2) is 4.99 Å². The van der Waals surface area contributed by atoms with Crippen molar-refractivity contribution in [3.63, 3.8) is 0 Å². The maximum atomic E-state index is 12.7. The summed E-state index contributed by atoms with van der Waals surface area (Å²) in [6.45, 7) is 4.22. The zero-order chi connectivity index (χ0) is 21.5. The lowest BCUT2D eigenvalue weighted by Crippen LogP contribution is -2.52. The SMILES string of the molecule is CN=C(NCC1CCN(CCOC)CC1)NC1CCN(S(=O)(=O)C(F)(F)F)CC1. The number of guanidine groups is 1. The Labute approximate surface area is 170 Å². The van der Waals surface area contributed by atoms with Gasteiger partial charge < -0.3 is 20.3 Å². The minimum atomic E-state index is -5.25. The number of piperidine rings is 2. The van der Waals surface area contributed by atoms with Gasteiger partial charge in [0, 0.05) is 46.4 Å². The number of alkyl halides is 3. The van der Waals surface area contributed by atoms with Gasteiger partial charge in [0.1, 0.15) is 0 Å². The molecule has 0 unspecified atom stereocenters. The fourth-order valence-electron chi connectivity index (χ4n) is 3.65. The third-order valence-corrected chi connectivity index (χ3v) is 7.16. The number of rotatable bonds is 7. The molecule has 170 valence electrons. The molecule has 0 aromatic carbocycles. The maximum Gasteiger partial charge on any atom is 0.511 e. The number of sulfonamides is 1. The largest absolute Gasteiger partial charge is 0.511 e. The summed E-state index contributed by atoms with van der Waals surface area (Å²) < 4.78 is 66.6. The van der Waals surface area contributed by atoms with Crippen LogP contribution in [0.25, 0.3) is 0 Å². The number of likely N-dealkylation sites (tertiary alicyclic amines) is 1. The second-order valence-electron chi connectivity index (χ2n) is 7.50. The van der Waals surface area contributed by atoms with Gasteiger partial charge in [0.2, 0.25) is 0 Å². The molecule has 0 radical (unpaired) electrons. The van der Waals surface area contributed by atoms with Crippen LogP contribution >= 0.6 is 0 Å². The average molecular weight is 444 g/mol. The molecule has 0 aliphatic carbocycles. The number of hydrogen-bond acceptors (Lipinski definition) is 5. The van der Waals surface area contributed by atoms with Crippen LogP contribution in [-0.2, 0) is 14.8 Å². The summed E-state index contributed by atoms with van der Waals surface area (Å²) in [7, 11) is -1.90. The molecule has 8 nitrogen and oxygen atoms in total. The molecule has 2 rings (SSSR count). The van der Waals surface area contributed by atoms with E-state index in [0.717, 1.165) is 45.6 Å². The Morgan fingerprint density at radius 1 is 1.14 bits per heavy atom. The molecule has 0 spiro atoms. The molecule has 2 N–H and O–H groups in total. The highest BCUT2D eigenvalue weighted by molar-refractivity contribution is 7.90. The number of ether oxygens (including phenoxy) is 1. The van der Waals surface area contributed by atoms with Crippen LogP contribution in [0.3, 0.4) is 0 Å². The van der Waals surface area contributed by atoms with Crippen molar-refractivity contribution in [1.29, 1.82) is 0 Å². The Bertz CT molecular complexity index is 629. The van der Waals surface area contributed by atoms with Gasteiger partial charge in [0.05, 0.1) is 6.61 Å². The highest BCUT2D eigenvalue weighted by Gasteiger charge is 2.50. The topological polar surface area (TPSA) is 86.3 Å². The summed E-state index contributed by atoms with van der Waals surface area (Å²) >= 11 is 0. The van der Waals surface area contributed by atoms with Gasteiger partial charge in [-0.3, -0.25) is 4.99 Å². The fraction of sp³-hybridized carbons (Fsp3) is 0.941. The first-order valence-electron chi connectivity index (χ1n) is 9.92. The molecular formula is C17H32F3N5O3S. The molecular weight excluding hydrogens is 411 g/mol. The molecule has 0 atom stereocenters. The van der Waals surface area contributed by atoms with Crippen LogP contribution < -0.4 is 10.6 Å². The van der Waals surface area contributed by atoms with Gasteiger partial charge in [-0.05, 0) is 44.7 Å². The van der Waals surface area contributed by atoms with Gasteiger partial charge in [-0.1, -0.05) is 0 Å². The second-order valence-corrected chi connectivity index (χ2v) is 9.43. The molecule has 0 aromatic rings. The number of hydrogen-bond donors (Lipinski definition) is 2. The highest BCUT2D eigenvalue weighted by Crippen LogP contribution is 2.28. The van der Waals surface area contributed by atoms with Crippen molar-refractivity contribution < 1.29 is 26.3 Å². The lowest BCUT2D eigenvalue weighted by molar-refractivity contribution is -0.0494. The molecule has 2 aliphatic rings. The van der Waals surface area contributed by atoms with Crippen LogP contribution in [0.5, 0.6) is 0 Å². The summed E-state index contributed by atoms with van der Waals surface area (Å²) in [6.07, 6.45) is 2.77. The first-order valence-corrected chi connectivity index (χ1v) is 11.4. The van der Waals surface area contributed by atoms with E-state index in [1.165, 1.54) is 0 Å². The highest BCUT2D eigenvalue weighted by atomic mass is 32.2. The van der Waals surface area contributed by atoms with Crippen molar-refractivity contribution in [1.82, 2.24) is 19.8 Å². The molecule has 2 saturated heterocycles. The Balaban J connectivity index is 1.71. The number of halogens is 3. The van der Waals surface area contributed by atoms with Crippen LogP contribution in [-0.4, -0.2) is 95.2 Å². The van der Waals surface area contributed by atoms with E-state index in [9.17, 15) is 21.6 Å². The Morgan fingerprint density at radius 3 is 2.28 bits per heavy atom. The van der Waals surface area contributed by atoms with Crippen molar-refractivity contribution in [3.8, 4) is 0 Å². The van der Waals surface area contributed by atoms with E-state index in [2.05, 4.69) is 20.5 Å². The van der Waals surface area contributed by atoms with Gasteiger partial charge in [0.25, 0.3) is 0 Å². The van der Waals surface area contributed by atoms with E-state index in [1.807, 2.05) is 0 Å². The van der Waals surface area contributed by atoms with Crippen molar-refractivity contribution in [3.05, 3.63) is 0 Å². The summed E-state index contributed by atoms with van der Waals surface area (Å²) in [5, 5.41) is 6.50. The van der Waals surface area contributed by atoms with Gasteiger partial charge in [-0.15, -0.1) is 0 Å². The Kier molecular flexibility index (Phi) is 8.98. The van der Waals surface area contributed by atoms with E-state index in [0.29, 0.717) is 29.0 Å². The molecule has 0 saturated carbocycles. The van der Waals surface area contributed by atoms with Crippen molar-refractivity contribution in [2.24, 2.45) is 10.9 Å². The summed E-state index contributed by atoms with van der Waals surface area (Å²) in [4.78, 5) is 6.57. The van der Waals surface area contributed by atoms with E-state index in [1.54, 1.807) is 14.2 Å². The lowest BCUT2D eigenvalue weighted by Gasteiger charge is -2.34. The molecule has 2 aliphatic heterocycles. The minimum absolute atomic E-state index is 0.114. The predicted octanol–water partition coefficient (Wildman–Crippen LogP) is 0.824. The molecule has 0 bridgehead atoms.